The number of hydrogen-bond acceptors (Lipinski definition) is 6. The van der Waals surface area contributed by atoms with Crippen molar-refractivity contribution in [1.82, 2.24) is 10.2 Å². The van der Waals surface area contributed by atoms with Gasteiger partial charge in [-0.25, -0.2) is 8.42 Å². The molecule has 11 heteroatoms. The number of carbonyl (C=O) groups is 2. The minimum atomic E-state index is -4.31. The topological polar surface area (TPSA) is 130 Å². The lowest BCUT2D eigenvalue weighted by Gasteiger charge is -2.32. The van der Waals surface area contributed by atoms with Gasteiger partial charge in [-0.15, -0.1) is 0 Å². The lowest BCUT2D eigenvalue weighted by molar-refractivity contribution is -0.384. The highest BCUT2D eigenvalue weighted by molar-refractivity contribution is 7.92. The molecule has 0 aliphatic rings. The highest BCUT2D eigenvalue weighted by Crippen LogP contribution is 2.27. The normalized spacial score (nSPS) is 12.0. The van der Waals surface area contributed by atoms with Crippen molar-refractivity contribution in [2.24, 2.45) is 5.92 Å². The molecule has 0 aliphatic carbocycles. The quantitative estimate of drug-likeness (QED) is 0.257. The molecule has 0 heterocycles. The molecular weight excluding hydrogens is 532 g/mol. The van der Waals surface area contributed by atoms with Gasteiger partial charge in [-0.2, -0.15) is 0 Å². The summed E-state index contributed by atoms with van der Waals surface area (Å²) in [5.41, 5.74) is 1.42. The van der Waals surface area contributed by atoms with Crippen molar-refractivity contribution in [1.29, 1.82) is 0 Å². The van der Waals surface area contributed by atoms with Crippen LogP contribution in [0.25, 0.3) is 0 Å². The van der Waals surface area contributed by atoms with Crippen LogP contribution in [0.3, 0.4) is 0 Å². The smallest absolute Gasteiger partial charge is 0.271 e. The molecule has 2 amide bonds. The largest absolute Gasteiger partial charge is 0.354 e. The van der Waals surface area contributed by atoms with Gasteiger partial charge >= 0.3 is 0 Å². The molecule has 0 radical (unpaired) electrons. The van der Waals surface area contributed by atoms with Crippen LogP contribution in [-0.4, -0.2) is 49.2 Å². The van der Waals surface area contributed by atoms with Crippen LogP contribution in [0.2, 0.25) is 0 Å². The van der Waals surface area contributed by atoms with E-state index in [1.54, 1.807) is 25.1 Å². The highest BCUT2D eigenvalue weighted by Gasteiger charge is 2.33. The molecular formula is C29H34N4O6S. The molecule has 1 atom stereocenters. The number of aryl methyl sites for hydroxylation is 1. The molecule has 0 fully saturated rings. The third kappa shape index (κ3) is 7.66. The minimum Gasteiger partial charge on any atom is -0.354 e. The second kappa shape index (κ2) is 13.2. The van der Waals surface area contributed by atoms with Crippen LogP contribution in [0.5, 0.6) is 0 Å². The summed E-state index contributed by atoms with van der Waals surface area (Å²) in [6, 6.07) is 19.2. The molecule has 40 heavy (non-hydrogen) atoms. The van der Waals surface area contributed by atoms with E-state index in [9.17, 15) is 28.1 Å². The fourth-order valence-corrected chi connectivity index (χ4v) is 5.36. The Bertz CT molecular complexity index is 1440. The maximum atomic E-state index is 13.9. The van der Waals surface area contributed by atoms with Crippen LogP contribution in [0.1, 0.15) is 31.9 Å². The Morgan fingerprint density at radius 2 is 1.60 bits per heavy atom. The summed E-state index contributed by atoms with van der Waals surface area (Å²) in [5.74, 6) is -0.821. The minimum absolute atomic E-state index is 0.0430. The number of anilines is 1. The molecule has 1 N–H and O–H groups in total. The molecule has 212 valence electrons. The predicted octanol–water partition coefficient (Wildman–Crippen LogP) is 4.29. The number of nitrogens with one attached hydrogen (secondary N) is 1. The molecule has 1 unspecified atom stereocenters. The summed E-state index contributed by atoms with van der Waals surface area (Å²) < 4.78 is 28.4. The fourth-order valence-electron chi connectivity index (χ4n) is 3.94. The second-order valence-electron chi connectivity index (χ2n) is 9.92. The number of nitrogens with zero attached hydrogens (tertiary/aromatic N) is 3. The van der Waals surface area contributed by atoms with Gasteiger partial charge in [0, 0.05) is 25.2 Å². The van der Waals surface area contributed by atoms with E-state index in [1.807, 2.05) is 45.0 Å². The number of rotatable bonds is 12. The number of benzene rings is 3. The summed E-state index contributed by atoms with van der Waals surface area (Å²) in [7, 11) is -4.31. The summed E-state index contributed by atoms with van der Waals surface area (Å²) in [5, 5.41) is 14.3. The van der Waals surface area contributed by atoms with Gasteiger partial charge in [-0.05, 0) is 43.5 Å². The molecule has 0 saturated heterocycles. The van der Waals surface area contributed by atoms with Crippen molar-refractivity contribution >= 4 is 33.2 Å². The lowest BCUT2D eigenvalue weighted by atomic mass is 10.1. The number of carbonyl (C=O) groups excluding carboxylic acids is 2. The van der Waals surface area contributed by atoms with E-state index in [0.29, 0.717) is 6.54 Å². The Hall–Kier alpha value is -4.25. The molecule has 0 saturated carbocycles. The average Bonchev–Trinajstić information content (AvgIpc) is 2.94. The SMILES string of the molecule is Cc1ccc(CN(C(=O)CN(c2cccc([N+](=O)[O-])c2)S(=O)(=O)c2ccccc2)C(C)C(=O)NCC(C)C)cc1. The van der Waals surface area contributed by atoms with Gasteiger partial charge in [-0.1, -0.05) is 67.9 Å². The van der Waals surface area contributed by atoms with Gasteiger partial charge in [0.2, 0.25) is 11.8 Å². The summed E-state index contributed by atoms with van der Waals surface area (Å²) in [4.78, 5) is 39.0. The van der Waals surface area contributed by atoms with Crippen LogP contribution >= 0.6 is 0 Å². The lowest BCUT2D eigenvalue weighted by Crippen LogP contribution is -2.51. The molecule has 3 aromatic rings. The predicted molar refractivity (Wildman–Crippen MR) is 153 cm³/mol. The van der Waals surface area contributed by atoms with E-state index in [2.05, 4.69) is 5.32 Å². The van der Waals surface area contributed by atoms with Crippen LogP contribution in [0.15, 0.2) is 83.8 Å². The van der Waals surface area contributed by atoms with E-state index in [0.717, 1.165) is 21.5 Å². The van der Waals surface area contributed by atoms with E-state index < -0.39 is 33.4 Å². The zero-order valence-corrected chi connectivity index (χ0v) is 23.8. The Kier molecular flexibility index (Phi) is 10.0. The maximum absolute atomic E-state index is 13.9. The van der Waals surface area contributed by atoms with E-state index in [-0.39, 0.29) is 34.6 Å². The zero-order chi connectivity index (χ0) is 29.4. The summed E-state index contributed by atoms with van der Waals surface area (Å²) in [6.45, 7) is 7.22. The average molecular weight is 567 g/mol. The van der Waals surface area contributed by atoms with E-state index >= 15 is 0 Å². The third-order valence-corrected chi connectivity index (χ3v) is 8.05. The first kappa shape index (κ1) is 30.3. The van der Waals surface area contributed by atoms with Crippen LogP contribution < -0.4 is 9.62 Å². The highest BCUT2D eigenvalue weighted by atomic mass is 32.2. The van der Waals surface area contributed by atoms with Gasteiger partial charge in [0.1, 0.15) is 12.6 Å². The maximum Gasteiger partial charge on any atom is 0.271 e. The number of hydrogen-bond donors (Lipinski definition) is 1. The van der Waals surface area contributed by atoms with E-state index in [1.165, 1.54) is 35.2 Å². The molecule has 3 rings (SSSR count). The van der Waals surface area contributed by atoms with Gasteiger partial charge < -0.3 is 10.2 Å². The Morgan fingerprint density at radius 1 is 0.950 bits per heavy atom. The first-order chi connectivity index (χ1) is 18.9. The number of nitro groups is 1. The number of amides is 2. The molecule has 0 aromatic heterocycles. The van der Waals surface area contributed by atoms with Crippen molar-refractivity contribution in [2.45, 2.75) is 45.2 Å². The van der Waals surface area contributed by atoms with Crippen LogP contribution in [-0.2, 0) is 26.2 Å². The van der Waals surface area contributed by atoms with Gasteiger partial charge in [0.15, 0.2) is 0 Å². The van der Waals surface area contributed by atoms with Gasteiger partial charge in [0.25, 0.3) is 15.7 Å². The second-order valence-corrected chi connectivity index (χ2v) is 11.8. The summed E-state index contributed by atoms with van der Waals surface area (Å²) >= 11 is 0. The fraction of sp³-hybridized carbons (Fsp3) is 0.310. The Balaban J connectivity index is 2.04. The van der Waals surface area contributed by atoms with Gasteiger partial charge in [0.05, 0.1) is 15.5 Å². The monoisotopic (exact) mass is 566 g/mol. The van der Waals surface area contributed by atoms with Crippen molar-refractivity contribution in [2.75, 3.05) is 17.4 Å². The van der Waals surface area contributed by atoms with Crippen molar-refractivity contribution in [3.8, 4) is 0 Å². The van der Waals surface area contributed by atoms with Gasteiger partial charge in [-0.3, -0.25) is 24.0 Å². The molecule has 3 aromatic carbocycles. The van der Waals surface area contributed by atoms with Crippen LogP contribution in [0.4, 0.5) is 11.4 Å². The molecule has 10 nitrogen and oxygen atoms in total. The standard InChI is InChI=1S/C29H34N4O6S/c1-21(2)18-30-29(35)23(4)31(19-24-15-13-22(3)14-16-24)28(34)20-32(25-9-8-10-26(17-25)33(36)37)40(38,39)27-11-6-5-7-12-27/h5-17,21,23H,18-20H2,1-4H3,(H,30,35). The van der Waals surface area contributed by atoms with Crippen LogP contribution in [0, 0.1) is 23.0 Å². The third-order valence-electron chi connectivity index (χ3n) is 6.26. The van der Waals surface area contributed by atoms with Crippen molar-refractivity contribution < 1.29 is 22.9 Å². The molecule has 0 aliphatic heterocycles. The zero-order valence-electron chi connectivity index (χ0n) is 23.0. The van der Waals surface area contributed by atoms with Crippen molar-refractivity contribution in [3.05, 3.63) is 100 Å². The number of nitro benzene ring substituents is 1. The first-order valence-electron chi connectivity index (χ1n) is 12.8. The summed E-state index contributed by atoms with van der Waals surface area (Å²) in [6.07, 6.45) is 0. The Morgan fingerprint density at radius 3 is 2.20 bits per heavy atom. The Labute approximate surface area is 234 Å². The molecule has 0 spiro atoms. The molecule has 0 bridgehead atoms. The van der Waals surface area contributed by atoms with Crippen molar-refractivity contribution in [3.63, 3.8) is 0 Å². The van der Waals surface area contributed by atoms with E-state index in [4.69, 9.17) is 0 Å². The number of sulfonamides is 1. The number of non-ortho nitro benzene ring substituents is 1. The first-order valence-corrected chi connectivity index (χ1v) is 14.3.